The molecule has 0 saturated heterocycles. The first-order chi connectivity index (χ1) is 13.5. The van der Waals surface area contributed by atoms with E-state index in [4.69, 9.17) is 9.52 Å². The number of anilines is 1. The van der Waals surface area contributed by atoms with Crippen molar-refractivity contribution in [1.82, 2.24) is 0 Å². The number of nitrogens with zero attached hydrogens (tertiary/aromatic N) is 1. The van der Waals surface area contributed by atoms with Crippen LogP contribution in [0.1, 0.15) is 16.1 Å². The van der Waals surface area contributed by atoms with Crippen molar-refractivity contribution in [2.45, 2.75) is 0 Å². The highest BCUT2D eigenvalue weighted by Gasteiger charge is 2.12. The van der Waals surface area contributed by atoms with Gasteiger partial charge in [0.05, 0.1) is 5.56 Å². The number of carboxylic acids is 1. The summed E-state index contributed by atoms with van der Waals surface area (Å²) in [7, 11) is 0. The Bertz CT molecular complexity index is 1090. The number of amides is 1. The van der Waals surface area contributed by atoms with Gasteiger partial charge >= 0.3 is 5.97 Å². The maximum absolute atomic E-state index is 12.3. The molecule has 0 aliphatic carbocycles. The average molecular weight is 484 g/mol. The van der Waals surface area contributed by atoms with E-state index in [1.807, 2.05) is 18.2 Å². The second-order valence-corrected chi connectivity index (χ2v) is 6.96. The van der Waals surface area contributed by atoms with Crippen LogP contribution in [-0.4, -0.2) is 17.0 Å². The molecule has 6 nitrogen and oxygen atoms in total. The molecule has 0 aliphatic rings. The van der Waals surface area contributed by atoms with Gasteiger partial charge < -0.3 is 14.8 Å². The quantitative estimate of drug-likeness (QED) is 0.308. The van der Waals surface area contributed by atoms with Gasteiger partial charge in [0, 0.05) is 20.9 Å². The lowest BCUT2D eigenvalue weighted by Crippen LogP contribution is -2.13. The number of benzene rings is 2. The molecule has 2 aromatic carbocycles. The summed E-state index contributed by atoms with van der Waals surface area (Å²) in [6.45, 7) is 0. The summed E-state index contributed by atoms with van der Waals surface area (Å²) in [5.74, 6) is -0.704. The second kappa shape index (κ2) is 8.54. The van der Waals surface area contributed by atoms with Gasteiger partial charge in [-0.2, -0.15) is 5.26 Å². The Hall–Kier alpha value is -3.38. The van der Waals surface area contributed by atoms with E-state index in [9.17, 15) is 14.9 Å². The molecule has 2 N–H and O–H groups in total. The average Bonchev–Trinajstić information content (AvgIpc) is 3.16. The highest BCUT2D eigenvalue weighted by molar-refractivity contribution is 14.1. The van der Waals surface area contributed by atoms with Crippen LogP contribution in [0.4, 0.5) is 5.69 Å². The van der Waals surface area contributed by atoms with Crippen molar-refractivity contribution in [3.05, 3.63) is 81.1 Å². The molecule has 0 aliphatic heterocycles. The minimum atomic E-state index is -1.01. The van der Waals surface area contributed by atoms with Gasteiger partial charge in [-0.1, -0.05) is 12.1 Å². The second-order valence-electron chi connectivity index (χ2n) is 5.72. The van der Waals surface area contributed by atoms with E-state index < -0.39 is 11.9 Å². The Morgan fingerprint density at radius 1 is 1.04 bits per heavy atom. The third kappa shape index (κ3) is 4.66. The maximum Gasteiger partial charge on any atom is 0.335 e. The SMILES string of the molecule is N#C/C(=C/c1ccc(-c2ccc(C(=O)O)cc2)o1)C(=O)Nc1ccc(I)cc1. The number of furan rings is 1. The number of carboxylic acid groups (broad SMARTS) is 1. The summed E-state index contributed by atoms with van der Waals surface area (Å²) in [6.07, 6.45) is 1.36. The molecule has 0 atom stereocenters. The Morgan fingerprint density at radius 3 is 2.32 bits per heavy atom. The van der Waals surface area contributed by atoms with Crippen LogP contribution in [0, 0.1) is 14.9 Å². The monoisotopic (exact) mass is 484 g/mol. The van der Waals surface area contributed by atoms with Crippen molar-refractivity contribution in [2.24, 2.45) is 0 Å². The lowest BCUT2D eigenvalue weighted by Gasteiger charge is -2.03. The highest BCUT2D eigenvalue weighted by Crippen LogP contribution is 2.24. The first-order valence-corrected chi connectivity index (χ1v) is 9.16. The lowest BCUT2D eigenvalue weighted by molar-refractivity contribution is -0.112. The predicted molar refractivity (Wildman–Crippen MR) is 112 cm³/mol. The van der Waals surface area contributed by atoms with Crippen molar-refractivity contribution in [1.29, 1.82) is 5.26 Å². The minimum absolute atomic E-state index is 0.0966. The molecule has 3 rings (SSSR count). The van der Waals surface area contributed by atoms with Crippen LogP contribution in [0.15, 0.2) is 70.7 Å². The number of carbonyl (C=O) groups excluding carboxylic acids is 1. The molecule has 0 spiro atoms. The van der Waals surface area contributed by atoms with E-state index in [2.05, 4.69) is 27.9 Å². The standard InChI is InChI=1S/C21H13IN2O4/c22-16-5-7-17(8-6-16)24-20(25)15(12-23)11-18-9-10-19(28-18)13-1-3-14(4-2-13)21(26)27/h1-11H,(H,24,25)(H,26,27)/b15-11-. The summed E-state index contributed by atoms with van der Waals surface area (Å²) in [6, 6.07) is 18.6. The van der Waals surface area contributed by atoms with E-state index in [-0.39, 0.29) is 11.1 Å². The molecule has 0 saturated carbocycles. The third-order valence-electron chi connectivity index (χ3n) is 3.80. The Balaban J connectivity index is 1.78. The zero-order valence-electron chi connectivity index (χ0n) is 14.3. The summed E-state index contributed by atoms with van der Waals surface area (Å²) in [4.78, 5) is 23.2. The minimum Gasteiger partial charge on any atom is -0.478 e. The summed E-state index contributed by atoms with van der Waals surface area (Å²) < 4.78 is 6.70. The van der Waals surface area contributed by atoms with Crippen LogP contribution in [0.2, 0.25) is 0 Å². The predicted octanol–water partition coefficient (Wildman–Crippen LogP) is 4.80. The number of aromatic carboxylic acids is 1. The van der Waals surface area contributed by atoms with Gasteiger partial charge in [0.15, 0.2) is 0 Å². The van der Waals surface area contributed by atoms with Crippen LogP contribution in [-0.2, 0) is 4.79 Å². The van der Waals surface area contributed by atoms with Crippen molar-refractivity contribution >= 4 is 46.2 Å². The van der Waals surface area contributed by atoms with E-state index >= 15 is 0 Å². The number of halogens is 1. The van der Waals surface area contributed by atoms with Gasteiger partial charge in [-0.25, -0.2) is 4.79 Å². The van der Waals surface area contributed by atoms with Gasteiger partial charge in [0.25, 0.3) is 5.91 Å². The maximum atomic E-state index is 12.3. The fraction of sp³-hybridized carbons (Fsp3) is 0. The zero-order chi connectivity index (χ0) is 20.1. The van der Waals surface area contributed by atoms with Crippen molar-refractivity contribution in [3.8, 4) is 17.4 Å². The van der Waals surface area contributed by atoms with Gasteiger partial charge in [0.1, 0.15) is 23.2 Å². The van der Waals surface area contributed by atoms with Gasteiger partial charge in [-0.3, -0.25) is 4.79 Å². The van der Waals surface area contributed by atoms with E-state index in [1.54, 1.807) is 36.4 Å². The molecule has 28 heavy (non-hydrogen) atoms. The lowest BCUT2D eigenvalue weighted by atomic mass is 10.1. The normalized spacial score (nSPS) is 10.9. The number of rotatable bonds is 5. The number of hydrogen-bond donors (Lipinski definition) is 2. The number of carbonyl (C=O) groups is 2. The van der Waals surface area contributed by atoms with Gasteiger partial charge in [-0.15, -0.1) is 0 Å². The zero-order valence-corrected chi connectivity index (χ0v) is 16.5. The fourth-order valence-electron chi connectivity index (χ4n) is 2.39. The van der Waals surface area contributed by atoms with Crippen LogP contribution >= 0.6 is 22.6 Å². The fourth-order valence-corrected chi connectivity index (χ4v) is 2.74. The van der Waals surface area contributed by atoms with Crippen LogP contribution < -0.4 is 5.32 Å². The smallest absolute Gasteiger partial charge is 0.335 e. The first kappa shape index (κ1) is 19.4. The number of nitrogens with one attached hydrogen (secondary N) is 1. The van der Waals surface area contributed by atoms with Crippen LogP contribution in [0.25, 0.3) is 17.4 Å². The van der Waals surface area contributed by atoms with Crippen LogP contribution in [0.5, 0.6) is 0 Å². The molecular weight excluding hydrogens is 471 g/mol. The molecule has 1 aromatic heterocycles. The van der Waals surface area contributed by atoms with E-state index in [1.165, 1.54) is 18.2 Å². The third-order valence-corrected chi connectivity index (χ3v) is 4.52. The van der Waals surface area contributed by atoms with Crippen molar-refractivity contribution < 1.29 is 19.1 Å². The number of nitriles is 1. The van der Waals surface area contributed by atoms with Gasteiger partial charge in [-0.05, 0) is 71.1 Å². The molecule has 0 bridgehead atoms. The Labute approximate surface area is 174 Å². The molecule has 0 fully saturated rings. The molecule has 138 valence electrons. The highest BCUT2D eigenvalue weighted by atomic mass is 127. The Morgan fingerprint density at radius 2 is 1.71 bits per heavy atom. The first-order valence-electron chi connectivity index (χ1n) is 8.08. The molecule has 3 aromatic rings. The molecule has 0 unspecified atom stereocenters. The van der Waals surface area contributed by atoms with Crippen molar-refractivity contribution in [3.63, 3.8) is 0 Å². The summed E-state index contributed by atoms with van der Waals surface area (Å²) in [5.41, 5.74) is 1.35. The van der Waals surface area contributed by atoms with Crippen LogP contribution in [0.3, 0.4) is 0 Å². The van der Waals surface area contributed by atoms with Crippen molar-refractivity contribution in [2.75, 3.05) is 5.32 Å². The molecule has 7 heteroatoms. The van der Waals surface area contributed by atoms with Gasteiger partial charge in [0.2, 0.25) is 0 Å². The molecule has 0 radical (unpaired) electrons. The molecule has 1 amide bonds. The molecular formula is C21H13IN2O4. The topological polar surface area (TPSA) is 103 Å². The van der Waals surface area contributed by atoms with E-state index in [0.29, 0.717) is 22.8 Å². The number of hydrogen-bond acceptors (Lipinski definition) is 4. The molecule has 1 heterocycles. The van der Waals surface area contributed by atoms with E-state index in [0.717, 1.165) is 3.57 Å². The Kier molecular flexibility index (Phi) is 5.91. The summed E-state index contributed by atoms with van der Waals surface area (Å²) >= 11 is 2.16. The summed E-state index contributed by atoms with van der Waals surface area (Å²) in [5, 5.41) is 20.9. The largest absolute Gasteiger partial charge is 0.478 e.